The number of carbonyl (C=O) groups excluding carboxylic acids is 2. The highest BCUT2D eigenvalue weighted by Gasteiger charge is 2.26. The number of nitrogens with one attached hydrogen (secondary N) is 2. The van der Waals surface area contributed by atoms with E-state index in [-0.39, 0.29) is 29.8 Å². The Labute approximate surface area is 194 Å². The Balaban J connectivity index is 0.000000202. The maximum Gasteiger partial charge on any atom is 0.255 e. The van der Waals surface area contributed by atoms with Gasteiger partial charge in [0.15, 0.2) is 0 Å². The summed E-state index contributed by atoms with van der Waals surface area (Å²) in [4.78, 5) is 31.4. The van der Waals surface area contributed by atoms with Gasteiger partial charge in [0.05, 0.1) is 11.4 Å². The second-order valence-electron chi connectivity index (χ2n) is 6.85. The lowest BCUT2D eigenvalue weighted by atomic mass is 10.2. The van der Waals surface area contributed by atoms with Crippen LogP contribution in [0.3, 0.4) is 0 Å². The van der Waals surface area contributed by atoms with E-state index in [1.54, 1.807) is 48.7 Å². The molecule has 1 fully saturated rings. The van der Waals surface area contributed by atoms with Gasteiger partial charge in [-0.15, -0.1) is 0 Å². The number of rotatable bonds is 6. The first-order valence-electron chi connectivity index (χ1n) is 9.93. The van der Waals surface area contributed by atoms with Crippen LogP contribution in [0.5, 0.6) is 0 Å². The molecule has 0 spiro atoms. The van der Waals surface area contributed by atoms with Crippen molar-refractivity contribution in [1.29, 1.82) is 0 Å². The maximum absolute atomic E-state index is 13.6. The summed E-state index contributed by atoms with van der Waals surface area (Å²) >= 11 is 5.60. The summed E-state index contributed by atoms with van der Waals surface area (Å²) in [5.74, 6) is -0.410. The van der Waals surface area contributed by atoms with Crippen LogP contribution in [0.25, 0.3) is 5.69 Å². The molecule has 1 aliphatic carbocycles. The third-order valence-corrected chi connectivity index (χ3v) is 4.62. The smallest absolute Gasteiger partial charge is 0.255 e. The average molecular weight is 475 g/mol. The van der Waals surface area contributed by atoms with E-state index in [1.165, 1.54) is 22.8 Å². The quantitative estimate of drug-likeness (QED) is 0.322. The van der Waals surface area contributed by atoms with Gasteiger partial charge < -0.3 is 21.5 Å². The summed E-state index contributed by atoms with van der Waals surface area (Å²) in [5, 5.41) is 14.3. The number of aliphatic hydroxyl groups excluding tert-OH is 1. The van der Waals surface area contributed by atoms with Gasteiger partial charge in [0.1, 0.15) is 12.5 Å². The van der Waals surface area contributed by atoms with E-state index in [9.17, 15) is 18.8 Å². The molecule has 1 heterocycles. The van der Waals surface area contributed by atoms with Crippen LogP contribution in [-0.2, 0) is 9.59 Å². The highest BCUT2D eigenvalue weighted by atomic mass is 35.5. The fourth-order valence-corrected chi connectivity index (χ4v) is 2.63. The standard InChI is InChI=1S/C12H11FN2O2.C7H6ClNO.C4H7NO/c13-10-7-9(4-5-11(10)14-8-16)15-6-2-1-3-12(15)17;8-6-1-3-7(4-2-6)9-5-10;5-4(6)3-1-2-3/h1-7,14,16H,8H2;1-5H,(H,9,10);3H,1-2H2,(H2,5,6). The monoisotopic (exact) mass is 474 g/mol. The topological polar surface area (TPSA) is 126 Å². The normalized spacial score (nSPS) is 11.7. The van der Waals surface area contributed by atoms with E-state index in [4.69, 9.17) is 22.4 Å². The van der Waals surface area contributed by atoms with Crippen molar-refractivity contribution < 1.29 is 19.1 Å². The van der Waals surface area contributed by atoms with Crippen LogP contribution in [0.4, 0.5) is 15.8 Å². The van der Waals surface area contributed by atoms with E-state index in [2.05, 4.69) is 10.6 Å². The van der Waals surface area contributed by atoms with Gasteiger partial charge in [0, 0.05) is 35.0 Å². The van der Waals surface area contributed by atoms with Crippen LogP contribution in [0.2, 0.25) is 5.02 Å². The number of hydrogen-bond acceptors (Lipinski definition) is 5. The van der Waals surface area contributed by atoms with Gasteiger partial charge in [0.25, 0.3) is 5.56 Å². The molecule has 5 N–H and O–H groups in total. The minimum absolute atomic E-state index is 0.130. The fraction of sp³-hybridized carbons (Fsp3) is 0.174. The van der Waals surface area contributed by atoms with Gasteiger partial charge in [-0.3, -0.25) is 19.0 Å². The molecule has 2 aromatic carbocycles. The van der Waals surface area contributed by atoms with Crippen molar-refractivity contribution in [2.45, 2.75) is 12.8 Å². The van der Waals surface area contributed by atoms with Crippen LogP contribution < -0.4 is 21.9 Å². The Morgan fingerprint density at radius 3 is 2.36 bits per heavy atom. The molecule has 3 aromatic rings. The highest BCUT2D eigenvalue weighted by Crippen LogP contribution is 2.27. The first-order chi connectivity index (χ1) is 15.8. The summed E-state index contributed by atoms with van der Waals surface area (Å²) in [6.07, 6.45) is 4.24. The third kappa shape index (κ3) is 8.76. The van der Waals surface area contributed by atoms with Crippen molar-refractivity contribution in [2.75, 3.05) is 17.4 Å². The molecule has 174 valence electrons. The maximum atomic E-state index is 13.6. The van der Waals surface area contributed by atoms with Crippen LogP contribution >= 0.6 is 11.6 Å². The van der Waals surface area contributed by atoms with Gasteiger partial charge in [-0.05, 0) is 55.3 Å². The zero-order chi connectivity index (χ0) is 24.2. The molecule has 1 aromatic heterocycles. The van der Waals surface area contributed by atoms with Gasteiger partial charge in [0.2, 0.25) is 12.3 Å². The highest BCUT2D eigenvalue weighted by molar-refractivity contribution is 6.30. The average Bonchev–Trinajstić information content (AvgIpc) is 3.64. The summed E-state index contributed by atoms with van der Waals surface area (Å²) in [6.45, 7) is -0.346. The second-order valence-corrected chi connectivity index (χ2v) is 7.29. The molecular weight excluding hydrogens is 451 g/mol. The molecule has 0 aliphatic heterocycles. The number of nitrogens with two attached hydrogens (primary N) is 1. The van der Waals surface area contributed by atoms with E-state index in [1.807, 2.05) is 0 Å². The number of carbonyl (C=O) groups is 2. The number of benzene rings is 2. The van der Waals surface area contributed by atoms with E-state index >= 15 is 0 Å². The van der Waals surface area contributed by atoms with Crippen molar-refractivity contribution in [1.82, 2.24) is 4.57 Å². The zero-order valence-electron chi connectivity index (χ0n) is 17.6. The van der Waals surface area contributed by atoms with Crippen LogP contribution in [-0.4, -0.2) is 28.7 Å². The van der Waals surface area contributed by atoms with E-state index in [0.29, 0.717) is 17.1 Å². The number of aliphatic hydroxyl groups is 1. The first kappa shape index (κ1) is 25.6. The summed E-state index contributed by atoms with van der Waals surface area (Å²) in [6, 6.07) is 15.9. The molecule has 8 nitrogen and oxygen atoms in total. The zero-order valence-corrected chi connectivity index (χ0v) is 18.3. The molecule has 4 rings (SSSR count). The second kappa shape index (κ2) is 13.0. The molecule has 1 aliphatic rings. The van der Waals surface area contributed by atoms with Crippen molar-refractivity contribution in [3.05, 3.63) is 88.1 Å². The molecular formula is C23H24ClFN4O4. The molecule has 33 heavy (non-hydrogen) atoms. The number of anilines is 2. The van der Waals surface area contributed by atoms with Gasteiger partial charge in [-0.2, -0.15) is 0 Å². The number of hydrogen-bond donors (Lipinski definition) is 4. The van der Waals surface area contributed by atoms with Crippen LogP contribution in [0, 0.1) is 11.7 Å². The molecule has 1 saturated carbocycles. The van der Waals surface area contributed by atoms with Crippen molar-refractivity contribution in [3.8, 4) is 5.69 Å². The van der Waals surface area contributed by atoms with Crippen molar-refractivity contribution in [2.24, 2.45) is 11.7 Å². The number of nitrogens with zero attached hydrogens (tertiary/aromatic N) is 1. The van der Waals surface area contributed by atoms with Crippen molar-refractivity contribution >= 4 is 35.3 Å². The first-order valence-corrected chi connectivity index (χ1v) is 10.3. The summed E-state index contributed by atoms with van der Waals surface area (Å²) in [7, 11) is 0. The minimum Gasteiger partial charge on any atom is -0.377 e. The summed E-state index contributed by atoms with van der Waals surface area (Å²) < 4.78 is 14.9. The Kier molecular flexibility index (Phi) is 10.1. The van der Waals surface area contributed by atoms with Gasteiger partial charge in [-0.25, -0.2) is 4.39 Å². The largest absolute Gasteiger partial charge is 0.377 e. The molecule has 2 amide bonds. The number of pyridine rings is 1. The number of aromatic nitrogens is 1. The number of primary amides is 1. The van der Waals surface area contributed by atoms with Gasteiger partial charge >= 0.3 is 0 Å². The fourth-order valence-electron chi connectivity index (χ4n) is 2.51. The molecule has 0 radical (unpaired) electrons. The number of halogens is 2. The summed E-state index contributed by atoms with van der Waals surface area (Å²) in [5.41, 5.74) is 6.02. The Hall–Kier alpha value is -3.69. The van der Waals surface area contributed by atoms with Crippen LogP contribution in [0.15, 0.2) is 71.7 Å². The van der Waals surface area contributed by atoms with E-state index in [0.717, 1.165) is 18.5 Å². The van der Waals surface area contributed by atoms with Gasteiger partial charge in [-0.1, -0.05) is 17.7 Å². The lowest BCUT2D eigenvalue weighted by Crippen LogP contribution is -2.15. The SMILES string of the molecule is NC(=O)C1CC1.O=CNc1ccc(Cl)cc1.O=c1ccccn1-c1ccc(NCO)c(F)c1. The third-order valence-electron chi connectivity index (χ3n) is 4.37. The predicted molar refractivity (Wildman–Crippen MR) is 126 cm³/mol. The molecule has 0 bridgehead atoms. The minimum atomic E-state index is -0.521. The lowest BCUT2D eigenvalue weighted by molar-refractivity contribution is -0.119. The Morgan fingerprint density at radius 2 is 1.88 bits per heavy atom. The molecule has 10 heteroatoms. The molecule has 0 unspecified atom stereocenters. The molecule has 0 saturated heterocycles. The van der Waals surface area contributed by atoms with E-state index < -0.39 is 5.82 Å². The van der Waals surface area contributed by atoms with Crippen LogP contribution in [0.1, 0.15) is 12.8 Å². The Bertz CT molecular complexity index is 1120. The predicted octanol–water partition coefficient (Wildman–Crippen LogP) is 3.13. The lowest BCUT2D eigenvalue weighted by Gasteiger charge is -2.08. The molecule has 0 atom stereocenters. The van der Waals surface area contributed by atoms with Crippen molar-refractivity contribution in [3.63, 3.8) is 0 Å². The Morgan fingerprint density at radius 1 is 1.18 bits per heavy atom. The number of amides is 2.